The van der Waals surface area contributed by atoms with Crippen LogP contribution in [0.2, 0.25) is 0 Å². The van der Waals surface area contributed by atoms with Crippen LogP contribution < -0.4 is 5.32 Å². The molecule has 1 aromatic rings. The number of pyridine rings is 1. The van der Waals surface area contributed by atoms with E-state index in [9.17, 15) is 0 Å². The second-order valence-corrected chi connectivity index (χ2v) is 5.57. The van der Waals surface area contributed by atoms with Crippen molar-refractivity contribution in [3.8, 4) is 0 Å². The standard InChI is InChI=1S/C17H26N2/c1-3-18-13-17(15-7-5-4-6-8-15)11-16-12-19-10-9-14(16)2/h9-12,15,18H,3-8,13H2,1-2H3/b17-11-. The SMILES string of the molecule is CCNC/C(=C/c1cnccc1C)C1CCCCC1. The first-order valence-corrected chi connectivity index (χ1v) is 7.63. The number of hydrogen-bond acceptors (Lipinski definition) is 2. The average molecular weight is 258 g/mol. The van der Waals surface area contributed by atoms with Gasteiger partial charge in [-0.05, 0) is 49.4 Å². The van der Waals surface area contributed by atoms with Gasteiger partial charge in [-0.1, -0.05) is 37.8 Å². The van der Waals surface area contributed by atoms with Gasteiger partial charge in [0.15, 0.2) is 0 Å². The summed E-state index contributed by atoms with van der Waals surface area (Å²) >= 11 is 0. The second-order valence-electron chi connectivity index (χ2n) is 5.57. The van der Waals surface area contributed by atoms with Gasteiger partial charge in [0.2, 0.25) is 0 Å². The van der Waals surface area contributed by atoms with E-state index in [-0.39, 0.29) is 0 Å². The smallest absolute Gasteiger partial charge is 0.0342 e. The summed E-state index contributed by atoms with van der Waals surface area (Å²) in [5, 5.41) is 3.50. The predicted octanol–water partition coefficient (Wildman–Crippen LogP) is 3.96. The zero-order valence-electron chi connectivity index (χ0n) is 12.3. The van der Waals surface area contributed by atoms with Gasteiger partial charge in [0.25, 0.3) is 0 Å². The van der Waals surface area contributed by atoms with Crippen LogP contribution in [0.5, 0.6) is 0 Å². The lowest BCUT2D eigenvalue weighted by molar-refractivity contribution is 0.397. The molecule has 0 saturated heterocycles. The van der Waals surface area contributed by atoms with Crippen LogP contribution in [0, 0.1) is 12.8 Å². The van der Waals surface area contributed by atoms with E-state index in [1.54, 1.807) is 5.57 Å². The molecule has 2 heteroatoms. The molecule has 1 N–H and O–H groups in total. The number of nitrogens with zero attached hydrogens (tertiary/aromatic N) is 1. The number of aryl methyl sites for hydroxylation is 1. The van der Waals surface area contributed by atoms with E-state index in [1.165, 1.54) is 43.2 Å². The fourth-order valence-corrected chi connectivity index (χ4v) is 2.88. The number of hydrogen-bond donors (Lipinski definition) is 1. The highest BCUT2D eigenvalue weighted by Gasteiger charge is 2.17. The minimum Gasteiger partial charge on any atom is -0.313 e. The monoisotopic (exact) mass is 258 g/mol. The van der Waals surface area contributed by atoms with Gasteiger partial charge in [-0.3, -0.25) is 4.98 Å². The molecule has 0 aromatic carbocycles. The summed E-state index contributed by atoms with van der Waals surface area (Å²) in [6, 6.07) is 2.09. The van der Waals surface area contributed by atoms with Crippen molar-refractivity contribution in [3.05, 3.63) is 35.2 Å². The molecular weight excluding hydrogens is 232 g/mol. The molecule has 0 aliphatic heterocycles. The van der Waals surface area contributed by atoms with Crippen LogP contribution in [0.15, 0.2) is 24.0 Å². The maximum Gasteiger partial charge on any atom is 0.0342 e. The van der Waals surface area contributed by atoms with Gasteiger partial charge >= 0.3 is 0 Å². The topological polar surface area (TPSA) is 24.9 Å². The molecule has 0 unspecified atom stereocenters. The normalized spacial score (nSPS) is 17.7. The van der Waals surface area contributed by atoms with Crippen molar-refractivity contribution in [2.75, 3.05) is 13.1 Å². The molecule has 0 bridgehead atoms. The highest BCUT2D eigenvalue weighted by molar-refractivity contribution is 5.56. The molecule has 0 spiro atoms. The minimum atomic E-state index is 0.771. The number of rotatable bonds is 5. The first kappa shape index (κ1) is 14.3. The Morgan fingerprint density at radius 2 is 2.16 bits per heavy atom. The molecule has 1 aliphatic carbocycles. The van der Waals surface area contributed by atoms with Gasteiger partial charge in [0.05, 0.1) is 0 Å². The summed E-state index contributed by atoms with van der Waals surface area (Å²) in [5.41, 5.74) is 4.17. The molecule has 1 aromatic heterocycles. The molecule has 1 saturated carbocycles. The Balaban J connectivity index is 2.18. The van der Waals surface area contributed by atoms with Crippen molar-refractivity contribution in [2.45, 2.75) is 46.0 Å². The Kier molecular flexibility index (Phi) is 5.59. The highest BCUT2D eigenvalue weighted by atomic mass is 14.8. The van der Waals surface area contributed by atoms with E-state index < -0.39 is 0 Å². The molecule has 1 aliphatic rings. The number of nitrogens with one attached hydrogen (secondary N) is 1. The van der Waals surface area contributed by atoms with Crippen molar-refractivity contribution in [2.24, 2.45) is 5.92 Å². The largest absolute Gasteiger partial charge is 0.313 e. The maximum absolute atomic E-state index is 4.26. The molecule has 19 heavy (non-hydrogen) atoms. The van der Waals surface area contributed by atoms with Gasteiger partial charge in [-0.25, -0.2) is 0 Å². The lowest BCUT2D eigenvalue weighted by Crippen LogP contribution is -2.22. The molecule has 1 heterocycles. The van der Waals surface area contributed by atoms with E-state index in [1.807, 2.05) is 12.4 Å². The molecule has 2 nitrogen and oxygen atoms in total. The lowest BCUT2D eigenvalue weighted by atomic mass is 9.83. The van der Waals surface area contributed by atoms with Crippen molar-refractivity contribution in [1.29, 1.82) is 0 Å². The highest BCUT2D eigenvalue weighted by Crippen LogP contribution is 2.30. The van der Waals surface area contributed by atoms with Gasteiger partial charge < -0.3 is 5.32 Å². The first-order chi connectivity index (χ1) is 9.31. The maximum atomic E-state index is 4.26. The second kappa shape index (κ2) is 7.44. The molecule has 2 rings (SSSR count). The molecule has 0 amide bonds. The van der Waals surface area contributed by atoms with Crippen molar-refractivity contribution in [1.82, 2.24) is 10.3 Å². The lowest BCUT2D eigenvalue weighted by Gasteiger charge is -2.25. The van der Waals surface area contributed by atoms with E-state index in [0.717, 1.165) is 19.0 Å². The van der Waals surface area contributed by atoms with E-state index in [2.05, 4.69) is 36.3 Å². The fourth-order valence-electron chi connectivity index (χ4n) is 2.88. The van der Waals surface area contributed by atoms with E-state index in [0.29, 0.717) is 0 Å². The van der Waals surface area contributed by atoms with Gasteiger partial charge in [-0.2, -0.15) is 0 Å². The molecular formula is C17H26N2. The summed E-state index contributed by atoms with van der Waals surface area (Å²) in [4.78, 5) is 4.26. The van der Waals surface area contributed by atoms with Crippen LogP contribution in [-0.2, 0) is 0 Å². The van der Waals surface area contributed by atoms with Crippen LogP contribution in [0.4, 0.5) is 0 Å². The third-order valence-corrected chi connectivity index (χ3v) is 4.13. The number of aromatic nitrogens is 1. The molecule has 1 fully saturated rings. The van der Waals surface area contributed by atoms with Gasteiger partial charge in [0, 0.05) is 18.9 Å². The Morgan fingerprint density at radius 1 is 1.37 bits per heavy atom. The van der Waals surface area contributed by atoms with Crippen molar-refractivity contribution >= 4 is 6.08 Å². The van der Waals surface area contributed by atoms with E-state index in [4.69, 9.17) is 0 Å². The summed E-state index contributed by atoms with van der Waals surface area (Å²) in [7, 11) is 0. The predicted molar refractivity (Wildman–Crippen MR) is 82.1 cm³/mol. The Bertz CT molecular complexity index is 417. The molecule has 104 valence electrons. The summed E-state index contributed by atoms with van der Waals surface area (Å²) < 4.78 is 0. The third kappa shape index (κ3) is 4.17. The third-order valence-electron chi connectivity index (χ3n) is 4.13. The van der Waals surface area contributed by atoms with Crippen LogP contribution in [0.1, 0.15) is 50.2 Å². The summed E-state index contributed by atoms with van der Waals surface area (Å²) in [6.07, 6.45) is 13.1. The zero-order valence-corrected chi connectivity index (χ0v) is 12.3. The van der Waals surface area contributed by atoms with Gasteiger partial charge in [-0.15, -0.1) is 0 Å². The Morgan fingerprint density at radius 3 is 2.84 bits per heavy atom. The minimum absolute atomic E-state index is 0.771. The van der Waals surface area contributed by atoms with Crippen LogP contribution >= 0.6 is 0 Å². The van der Waals surface area contributed by atoms with Gasteiger partial charge in [0.1, 0.15) is 0 Å². The first-order valence-electron chi connectivity index (χ1n) is 7.63. The summed E-state index contributed by atoms with van der Waals surface area (Å²) in [5.74, 6) is 0.771. The molecule has 0 atom stereocenters. The van der Waals surface area contributed by atoms with Crippen LogP contribution in [0.25, 0.3) is 6.08 Å². The average Bonchev–Trinajstić information content (AvgIpc) is 2.46. The van der Waals surface area contributed by atoms with Crippen molar-refractivity contribution < 1.29 is 0 Å². The van der Waals surface area contributed by atoms with Crippen LogP contribution in [-0.4, -0.2) is 18.1 Å². The Labute approximate surface area is 117 Å². The number of likely N-dealkylation sites (N-methyl/N-ethyl adjacent to an activating group) is 1. The molecule has 0 radical (unpaired) electrons. The Hall–Kier alpha value is -1.15. The van der Waals surface area contributed by atoms with Crippen molar-refractivity contribution in [3.63, 3.8) is 0 Å². The van der Waals surface area contributed by atoms with E-state index >= 15 is 0 Å². The quantitative estimate of drug-likeness (QED) is 0.864. The fraction of sp³-hybridized carbons (Fsp3) is 0.588. The summed E-state index contributed by atoms with van der Waals surface area (Å²) in [6.45, 7) is 6.40. The van der Waals surface area contributed by atoms with Crippen LogP contribution in [0.3, 0.4) is 0 Å². The zero-order chi connectivity index (χ0) is 13.5.